The number of carbonyl (C=O) groups excluding carboxylic acids is 1. The third-order valence-electron chi connectivity index (χ3n) is 1.76. The molecule has 1 nitrogen and oxygen atoms in total. The Kier molecular flexibility index (Phi) is 2.43. The number of hydrogen-bond acceptors (Lipinski definition) is 1. The summed E-state index contributed by atoms with van der Waals surface area (Å²) in [4.78, 5) is 10.8. The Morgan fingerprint density at radius 3 is 3.20 bits per heavy atom. The highest BCUT2D eigenvalue weighted by atomic mass is 16.1. The van der Waals surface area contributed by atoms with Crippen LogP contribution in [-0.4, -0.2) is 5.78 Å². The third-order valence-corrected chi connectivity index (χ3v) is 1.76. The van der Waals surface area contributed by atoms with Gasteiger partial charge in [0.15, 0.2) is 5.78 Å². The zero-order chi connectivity index (χ0) is 7.40. The molecule has 0 saturated carbocycles. The number of ketones is 1. The van der Waals surface area contributed by atoms with Crippen molar-refractivity contribution in [3.05, 3.63) is 24.8 Å². The van der Waals surface area contributed by atoms with Crippen LogP contribution in [0.25, 0.3) is 0 Å². The van der Waals surface area contributed by atoms with Gasteiger partial charge in [0.25, 0.3) is 0 Å². The molecule has 54 valence electrons. The molecule has 0 heterocycles. The van der Waals surface area contributed by atoms with E-state index in [-0.39, 0.29) is 5.78 Å². The lowest BCUT2D eigenvalue weighted by atomic mass is 9.91. The first-order valence-electron chi connectivity index (χ1n) is 3.63. The van der Waals surface area contributed by atoms with Crippen LogP contribution < -0.4 is 0 Å². The lowest BCUT2D eigenvalue weighted by Gasteiger charge is -2.13. The summed E-state index contributed by atoms with van der Waals surface area (Å²) in [6.07, 6.45) is 8.24. The summed E-state index contributed by atoms with van der Waals surface area (Å²) in [5.74, 6) is 0.785. The summed E-state index contributed by atoms with van der Waals surface area (Å²) in [6.45, 7) is 3.64. The van der Waals surface area contributed by atoms with Crippen LogP contribution in [0.15, 0.2) is 24.8 Å². The van der Waals surface area contributed by atoms with E-state index in [1.54, 1.807) is 6.08 Å². The number of hydrogen-bond donors (Lipinski definition) is 0. The quantitative estimate of drug-likeness (QED) is 0.531. The minimum atomic E-state index is 0.262. The second kappa shape index (κ2) is 3.35. The molecule has 1 unspecified atom stereocenters. The molecular formula is C9H12O. The smallest absolute Gasteiger partial charge is 0.155 e. The van der Waals surface area contributed by atoms with Gasteiger partial charge in [0, 0.05) is 6.42 Å². The van der Waals surface area contributed by atoms with Gasteiger partial charge < -0.3 is 0 Å². The van der Waals surface area contributed by atoms with Crippen molar-refractivity contribution in [2.24, 2.45) is 5.92 Å². The normalized spacial score (nSPS) is 24.8. The molecule has 1 aliphatic carbocycles. The first-order chi connectivity index (χ1) is 4.83. The van der Waals surface area contributed by atoms with E-state index in [2.05, 4.69) is 6.58 Å². The molecule has 0 aromatic rings. The predicted octanol–water partition coefficient (Wildman–Crippen LogP) is 2.10. The molecule has 0 aromatic heterocycles. The molecule has 0 radical (unpaired) electrons. The van der Waals surface area contributed by atoms with Gasteiger partial charge in [0.1, 0.15) is 0 Å². The van der Waals surface area contributed by atoms with Crippen molar-refractivity contribution >= 4 is 5.78 Å². The summed E-state index contributed by atoms with van der Waals surface area (Å²) >= 11 is 0. The van der Waals surface area contributed by atoms with Crippen LogP contribution in [0.3, 0.4) is 0 Å². The number of allylic oxidation sites excluding steroid dienone is 3. The second-order valence-electron chi connectivity index (χ2n) is 2.70. The van der Waals surface area contributed by atoms with Crippen LogP contribution in [0, 0.1) is 5.92 Å². The van der Waals surface area contributed by atoms with E-state index >= 15 is 0 Å². The summed E-state index contributed by atoms with van der Waals surface area (Å²) in [6, 6.07) is 0. The zero-order valence-electron chi connectivity index (χ0n) is 6.05. The van der Waals surface area contributed by atoms with E-state index in [0.29, 0.717) is 12.3 Å². The van der Waals surface area contributed by atoms with Gasteiger partial charge in [0.2, 0.25) is 0 Å². The first kappa shape index (κ1) is 7.26. The standard InChI is InChI=1S/C9H12O/c1-2-4-8-5-3-6-9(10)7-8/h2-3,6,8H,1,4-5,7H2. The van der Waals surface area contributed by atoms with E-state index < -0.39 is 0 Å². The molecule has 0 aromatic carbocycles. The van der Waals surface area contributed by atoms with E-state index in [0.717, 1.165) is 12.8 Å². The van der Waals surface area contributed by atoms with Crippen molar-refractivity contribution in [3.63, 3.8) is 0 Å². The Balaban J connectivity index is 2.43. The Hall–Kier alpha value is -0.850. The van der Waals surface area contributed by atoms with Crippen LogP contribution in [-0.2, 0) is 4.79 Å². The average molecular weight is 136 g/mol. The highest BCUT2D eigenvalue weighted by Gasteiger charge is 2.12. The van der Waals surface area contributed by atoms with E-state index in [9.17, 15) is 4.79 Å². The van der Waals surface area contributed by atoms with Gasteiger partial charge in [-0.25, -0.2) is 0 Å². The fraction of sp³-hybridized carbons (Fsp3) is 0.444. The molecule has 0 spiro atoms. The van der Waals surface area contributed by atoms with Crippen LogP contribution in [0.4, 0.5) is 0 Å². The summed E-state index contributed by atoms with van der Waals surface area (Å²) in [7, 11) is 0. The fourth-order valence-corrected chi connectivity index (χ4v) is 1.24. The highest BCUT2D eigenvalue weighted by molar-refractivity contribution is 5.90. The monoisotopic (exact) mass is 136 g/mol. The predicted molar refractivity (Wildman–Crippen MR) is 41.7 cm³/mol. The van der Waals surface area contributed by atoms with Gasteiger partial charge in [-0.3, -0.25) is 4.79 Å². The van der Waals surface area contributed by atoms with Crippen molar-refractivity contribution in [1.29, 1.82) is 0 Å². The van der Waals surface area contributed by atoms with Crippen molar-refractivity contribution in [2.45, 2.75) is 19.3 Å². The first-order valence-corrected chi connectivity index (χ1v) is 3.63. The van der Waals surface area contributed by atoms with Gasteiger partial charge in [-0.05, 0) is 24.8 Å². The van der Waals surface area contributed by atoms with E-state index in [1.165, 1.54) is 0 Å². The lowest BCUT2D eigenvalue weighted by molar-refractivity contribution is -0.115. The van der Waals surface area contributed by atoms with Gasteiger partial charge in [-0.2, -0.15) is 0 Å². The molecule has 1 heteroatoms. The molecule has 0 saturated heterocycles. The molecular weight excluding hydrogens is 124 g/mol. The Morgan fingerprint density at radius 2 is 2.60 bits per heavy atom. The van der Waals surface area contributed by atoms with Crippen LogP contribution in [0.5, 0.6) is 0 Å². The third kappa shape index (κ3) is 1.83. The summed E-state index contributed by atoms with van der Waals surface area (Å²) in [5, 5.41) is 0. The molecule has 1 aliphatic rings. The SMILES string of the molecule is C=CCC1CC=CC(=O)C1. The average Bonchev–Trinajstić information content (AvgIpc) is 1.88. The van der Waals surface area contributed by atoms with Crippen LogP contribution in [0.1, 0.15) is 19.3 Å². The maximum atomic E-state index is 10.8. The van der Waals surface area contributed by atoms with Gasteiger partial charge in [-0.15, -0.1) is 6.58 Å². The number of carbonyl (C=O) groups is 1. The van der Waals surface area contributed by atoms with Crippen molar-refractivity contribution in [1.82, 2.24) is 0 Å². The Morgan fingerprint density at radius 1 is 1.80 bits per heavy atom. The largest absolute Gasteiger partial charge is 0.295 e. The second-order valence-corrected chi connectivity index (χ2v) is 2.70. The minimum Gasteiger partial charge on any atom is -0.295 e. The Labute approximate surface area is 61.4 Å². The van der Waals surface area contributed by atoms with Crippen molar-refractivity contribution in [2.75, 3.05) is 0 Å². The van der Waals surface area contributed by atoms with E-state index in [1.807, 2.05) is 12.2 Å². The Bertz CT molecular complexity index is 168. The maximum absolute atomic E-state index is 10.8. The molecule has 0 amide bonds. The molecule has 0 aliphatic heterocycles. The molecule has 10 heavy (non-hydrogen) atoms. The molecule has 0 N–H and O–H groups in total. The van der Waals surface area contributed by atoms with Crippen LogP contribution >= 0.6 is 0 Å². The minimum absolute atomic E-state index is 0.262. The molecule has 1 atom stereocenters. The van der Waals surface area contributed by atoms with Gasteiger partial charge in [0.05, 0.1) is 0 Å². The van der Waals surface area contributed by atoms with Crippen molar-refractivity contribution in [3.8, 4) is 0 Å². The molecule has 1 rings (SSSR count). The van der Waals surface area contributed by atoms with Gasteiger partial charge in [-0.1, -0.05) is 12.2 Å². The maximum Gasteiger partial charge on any atom is 0.155 e. The van der Waals surface area contributed by atoms with Gasteiger partial charge >= 0.3 is 0 Å². The van der Waals surface area contributed by atoms with Crippen LogP contribution in [0.2, 0.25) is 0 Å². The summed E-state index contributed by atoms with van der Waals surface area (Å²) < 4.78 is 0. The summed E-state index contributed by atoms with van der Waals surface area (Å²) in [5.41, 5.74) is 0. The van der Waals surface area contributed by atoms with E-state index in [4.69, 9.17) is 0 Å². The lowest BCUT2D eigenvalue weighted by Crippen LogP contribution is -2.09. The van der Waals surface area contributed by atoms with Crippen molar-refractivity contribution < 1.29 is 4.79 Å². The highest BCUT2D eigenvalue weighted by Crippen LogP contribution is 2.19. The zero-order valence-corrected chi connectivity index (χ0v) is 6.05. The number of rotatable bonds is 2. The molecule has 0 bridgehead atoms. The topological polar surface area (TPSA) is 17.1 Å². The molecule has 0 fully saturated rings. The fourth-order valence-electron chi connectivity index (χ4n) is 1.24.